The quantitative estimate of drug-likeness (QED) is 0.561. The van der Waals surface area contributed by atoms with E-state index in [1.807, 2.05) is 24.4 Å². The lowest BCUT2D eigenvalue weighted by molar-refractivity contribution is 0.269. The first-order valence-corrected chi connectivity index (χ1v) is 13.1. The van der Waals surface area contributed by atoms with Gasteiger partial charge >= 0.3 is 0 Å². The maximum absolute atomic E-state index is 13.2. The number of aromatic nitrogens is 2. The molecular weight excluding hydrogens is 418 g/mol. The van der Waals surface area contributed by atoms with Gasteiger partial charge < -0.3 is 4.57 Å². The van der Waals surface area contributed by atoms with Gasteiger partial charge in [-0.25, -0.2) is 13.4 Å². The van der Waals surface area contributed by atoms with Crippen molar-refractivity contribution in [3.63, 3.8) is 0 Å². The molecule has 0 N–H and O–H groups in total. The zero-order valence-corrected chi connectivity index (χ0v) is 19.5. The molecule has 0 radical (unpaired) electrons. The van der Waals surface area contributed by atoms with Crippen molar-refractivity contribution in [1.82, 2.24) is 13.9 Å². The standard InChI is InChI=1S/C26H31N3O2S/c1-20-18-27-26(29(20)19-22-6-3-2-4-7-22)16-21-12-14-28(15-13-21)32(30,31)25-11-10-23-8-5-9-24(23)17-25/h2-4,6-7,10-11,17-18,21H,5,8-9,12-16,19H2,1H3. The maximum Gasteiger partial charge on any atom is 0.243 e. The van der Waals surface area contributed by atoms with Gasteiger partial charge in [0.25, 0.3) is 0 Å². The summed E-state index contributed by atoms with van der Waals surface area (Å²) < 4.78 is 30.4. The van der Waals surface area contributed by atoms with Crippen LogP contribution in [0.15, 0.2) is 59.6 Å². The number of fused-ring (bicyclic) bond motifs is 1. The van der Waals surface area contributed by atoms with Crippen LogP contribution in [0, 0.1) is 12.8 Å². The van der Waals surface area contributed by atoms with Crippen LogP contribution in [0.3, 0.4) is 0 Å². The van der Waals surface area contributed by atoms with Crippen LogP contribution in [0.2, 0.25) is 0 Å². The minimum absolute atomic E-state index is 0.456. The number of nitrogens with zero attached hydrogens (tertiary/aromatic N) is 3. The molecule has 0 bridgehead atoms. The molecule has 32 heavy (non-hydrogen) atoms. The van der Waals surface area contributed by atoms with Crippen LogP contribution in [0.25, 0.3) is 0 Å². The molecule has 0 spiro atoms. The number of hydrogen-bond donors (Lipinski definition) is 0. The number of aryl methyl sites for hydroxylation is 3. The zero-order chi connectivity index (χ0) is 22.1. The topological polar surface area (TPSA) is 55.2 Å². The van der Waals surface area contributed by atoms with E-state index in [9.17, 15) is 8.42 Å². The third kappa shape index (κ3) is 4.26. The van der Waals surface area contributed by atoms with Gasteiger partial charge in [-0.1, -0.05) is 36.4 Å². The summed E-state index contributed by atoms with van der Waals surface area (Å²) in [6.45, 7) is 4.10. The molecule has 1 saturated heterocycles. The third-order valence-electron chi connectivity index (χ3n) is 7.07. The number of hydrogen-bond acceptors (Lipinski definition) is 3. The molecule has 0 atom stereocenters. The van der Waals surface area contributed by atoms with Gasteiger partial charge in [0, 0.05) is 37.9 Å². The van der Waals surface area contributed by atoms with E-state index in [4.69, 9.17) is 0 Å². The lowest BCUT2D eigenvalue weighted by atomic mass is 9.94. The van der Waals surface area contributed by atoms with Crippen molar-refractivity contribution in [2.75, 3.05) is 13.1 Å². The van der Waals surface area contributed by atoms with E-state index in [-0.39, 0.29) is 0 Å². The van der Waals surface area contributed by atoms with Crippen LogP contribution >= 0.6 is 0 Å². The number of rotatable bonds is 6. The molecule has 3 aromatic rings. The summed E-state index contributed by atoms with van der Waals surface area (Å²) in [6, 6.07) is 16.2. The van der Waals surface area contributed by atoms with E-state index < -0.39 is 10.0 Å². The summed E-state index contributed by atoms with van der Waals surface area (Å²) in [7, 11) is -3.41. The van der Waals surface area contributed by atoms with Gasteiger partial charge in [-0.15, -0.1) is 0 Å². The van der Waals surface area contributed by atoms with E-state index in [1.165, 1.54) is 22.4 Å². The molecule has 2 aromatic carbocycles. The lowest BCUT2D eigenvalue weighted by Crippen LogP contribution is -2.39. The SMILES string of the molecule is Cc1cnc(CC2CCN(S(=O)(=O)c3ccc4c(c3)CCC4)CC2)n1Cc1ccccc1. The Labute approximate surface area is 191 Å². The van der Waals surface area contributed by atoms with Crippen LogP contribution in [0.1, 0.15) is 47.5 Å². The van der Waals surface area contributed by atoms with Crippen LogP contribution in [0.5, 0.6) is 0 Å². The first kappa shape index (κ1) is 21.4. The molecule has 1 aromatic heterocycles. The average Bonchev–Trinajstić information content (AvgIpc) is 3.42. The fourth-order valence-electron chi connectivity index (χ4n) is 5.13. The van der Waals surface area contributed by atoms with Crippen molar-refractivity contribution >= 4 is 10.0 Å². The molecule has 1 fully saturated rings. The minimum atomic E-state index is -3.41. The highest BCUT2D eigenvalue weighted by atomic mass is 32.2. The van der Waals surface area contributed by atoms with Crippen LogP contribution in [-0.4, -0.2) is 35.4 Å². The summed E-state index contributed by atoms with van der Waals surface area (Å²) in [5.74, 6) is 1.56. The molecular formula is C26H31N3O2S. The van der Waals surface area contributed by atoms with Crippen molar-refractivity contribution in [1.29, 1.82) is 0 Å². The smallest absolute Gasteiger partial charge is 0.243 e. The van der Waals surface area contributed by atoms with Crippen molar-refractivity contribution in [3.8, 4) is 0 Å². The molecule has 0 unspecified atom stereocenters. The second kappa shape index (κ2) is 8.83. The lowest BCUT2D eigenvalue weighted by Gasteiger charge is -2.31. The second-order valence-electron chi connectivity index (χ2n) is 9.22. The predicted octanol–water partition coefficient (Wildman–Crippen LogP) is 4.37. The molecule has 0 amide bonds. The first-order chi connectivity index (χ1) is 15.5. The Morgan fingerprint density at radius 1 is 1.00 bits per heavy atom. The zero-order valence-electron chi connectivity index (χ0n) is 18.7. The first-order valence-electron chi connectivity index (χ1n) is 11.7. The number of piperidine rings is 1. The van der Waals surface area contributed by atoms with E-state index in [0.717, 1.165) is 50.9 Å². The van der Waals surface area contributed by atoms with E-state index in [2.05, 4.69) is 40.7 Å². The van der Waals surface area contributed by atoms with E-state index in [0.29, 0.717) is 23.9 Å². The molecule has 6 heteroatoms. The monoisotopic (exact) mass is 449 g/mol. The molecule has 5 rings (SSSR count). The fraction of sp³-hybridized carbons (Fsp3) is 0.423. The molecule has 5 nitrogen and oxygen atoms in total. The Bertz CT molecular complexity index is 1190. The number of sulfonamides is 1. The summed E-state index contributed by atoms with van der Waals surface area (Å²) in [4.78, 5) is 5.15. The summed E-state index contributed by atoms with van der Waals surface area (Å²) in [5, 5.41) is 0. The van der Waals surface area contributed by atoms with Crippen LogP contribution < -0.4 is 0 Å². The third-order valence-corrected chi connectivity index (χ3v) is 8.97. The minimum Gasteiger partial charge on any atom is -0.328 e. The Morgan fingerprint density at radius 3 is 2.53 bits per heavy atom. The summed E-state index contributed by atoms with van der Waals surface area (Å²) >= 11 is 0. The molecule has 2 heterocycles. The number of imidazole rings is 1. The van der Waals surface area contributed by atoms with Gasteiger partial charge in [0.15, 0.2) is 0 Å². The van der Waals surface area contributed by atoms with Crippen LogP contribution in [0.4, 0.5) is 0 Å². The fourth-order valence-corrected chi connectivity index (χ4v) is 6.65. The number of benzene rings is 2. The highest BCUT2D eigenvalue weighted by molar-refractivity contribution is 7.89. The molecule has 168 valence electrons. The van der Waals surface area contributed by atoms with Crippen molar-refractivity contribution < 1.29 is 8.42 Å². The normalized spacial score (nSPS) is 17.5. The van der Waals surface area contributed by atoms with Crippen molar-refractivity contribution in [2.45, 2.75) is 56.9 Å². The van der Waals surface area contributed by atoms with Gasteiger partial charge in [-0.05, 0) is 73.8 Å². The molecule has 0 saturated carbocycles. The second-order valence-corrected chi connectivity index (χ2v) is 11.2. The van der Waals surface area contributed by atoms with E-state index >= 15 is 0 Å². The molecule has 1 aliphatic carbocycles. The Morgan fingerprint density at radius 2 is 1.75 bits per heavy atom. The highest BCUT2D eigenvalue weighted by Gasteiger charge is 2.30. The van der Waals surface area contributed by atoms with Crippen molar-refractivity contribution in [2.24, 2.45) is 5.92 Å². The highest BCUT2D eigenvalue weighted by Crippen LogP contribution is 2.29. The maximum atomic E-state index is 13.2. The van der Waals surface area contributed by atoms with Gasteiger partial charge in [-0.2, -0.15) is 4.31 Å². The Hall–Kier alpha value is -2.44. The molecule has 2 aliphatic rings. The van der Waals surface area contributed by atoms with Gasteiger partial charge in [-0.3, -0.25) is 0 Å². The summed E-state index contributed by atoms with van der Waals surface area (Å²) in [6.07, 6.45) is 7.79. The van der Waals surface area contributed by atoms with Crippen molar-refractivity contribution in [3.05, 3.63) is 82.9 Å². The van der Waals surface area contributed by atoms with Gasteiger partial charge in [0.05, 0.1) is 4.90 Å². The largest absolute Gasteiger partial charge is 0.328 e. The Kier molecular flexibility index (Phi) is 5.91. The molecule has 1 aliphatic heterocycles. The average molecular weight is 450 g/mol. The predicted molar refractivity (Wildman–Crippen MR) is 126 cm³/mol. The Balaban J connectivity index is 1.24. The van der Waals surface area contributed by atoms with Gasteiger partial charge in [0.1, 0.15) is 5.82 Å². The summed E-state index contributed by atoms with van der Waals surface area (Å²) in [5.41, 5.74) is 4.95. The van der Waals surface area contributed by atoms with E-state index in [1.54, 1.807) is 10.4 Å². The van der Waals surface area contributed by atoms with Crippen LogP contribution in [-0.2, 0) is 35.8 Å². The van der Waals surface area contributed by atoms with Gasteiger partial charge in [0.2, 0.25) is 10.0 Å².